The lowest BCUT2D eigenvalue weighted by atomic mass is 9.87. The van der Waals surface area contributed by atoms with E-state index in [1.165, 1.54) is 5.56 Å². The molecule has 0 aromatic heterocycles. The molecule has 0 aliphatic carbocycles. The van der Waals surface area contributed by atoms with Gasteiger partial charge in [-0.3, -0.25) is 0 Å². The second-order valence-electron chi connectivity index (χ2n) is 4.61. The molecule has 2 N–H and O–H groups in total. The molecule has 0 spiro atoms. The summed E-state index contributed by atoms with van der Waals surface area (Å²) in [6.45, 7) is 8.29. The predicted molar refractivity (Wildman–Crippen MR) is 74.5 cm³/mol. The number of hydrogen-bond acceptors (Lipinski definition) is 1. The molecule has 0 unspecified atom stereocenters. The fourth-order valence-corrected chi connectivity index (χ4v) is 2.20. The van der Waals surface area contributed by atoms with E-state index in [2.05, 4.69) is 48.5 Å². The summed E-state index contributed by atoms with van der Waals surface area (Å²) in [7, 11) is 0. The molecule has 0 amide bonds. The molecule has 0 radical (unpaired) electrons. The van der Waals surface area contributed by atoms with Gasteiger partial charge in [0.2, 0.25) is 0 Å². The monoisotopic (exact) mass is 281 g/mol. The van der Waals surface area contributed by atoms with E-state index in [9.17, 15) is 0 Å². The number of rotatable bonds is 5. The Bertz CT molecular complexity index is 329. The first-order chi connectivity index (χ1) is 7.54. The smallest absolute Gasteiger partial charge is 0.0175 e. The van der Waals surface area contributed by atoms with Crippen molar-refractivity contribution in [2.45, 2.75) is 32.2 Å². The number of benzene rings is 1. The number of nitrogens with two attached hydrogens (primary N) is 1. The molecular formula is C14H20BrN. The fourth-order valence-electron chi connectivity index (χ4n) is 1.93. The van der Waals surface area contributed by atoms with E-state index in [1.807, 2.05) is 18.2 Å². The summed E-state index contributed by atoms with van der Waals surface area (Å²) >= 11 is 3.44. The van der Waals surface area contributed by atoms with Gasteiger partial charge in [0, 0.05) is 16.4 Å². The van der Waals surface area contributed by atoms with Crippen molar-refractivity contribution in [1.29, 1.82) is 0 Å². The van der Waals surface area contributed by atoms with E-state index in [0.29, 0.717) is 5.92 Å². The van der Waals surface area contributed by atoms with Crippen molar-refractivity contribution in [3.8, 4) is 0 Å². The fraction of sp³-hybridized carbons (Fsp3) is 0.429. The van der Waals surface area contributed by atoms with Crippen LogP contribution in [0.25, 0.3) is 0 Å². The van der Waals surface area contributed by atoms with E-state index in [-0.39, 0.29) is 12.0 Å². The topological polar surface area (TPSA) is 26.0 Å². The lowest BCUT2D eigenvalue weighted by Crippen LogP contribution is -2.28. The summed E-state index contributed by atoms with van der Waals surface area (Å²) in [5.41, 5.74) is 7.46. The van der Waals surface area contributed by atoms with E-state index < -0.39 is 0 Å². The average Bonchev–Trinajstić information content (AvgIpc) is 2.21. The molecule has 1 nitrogen and oxygen atoms in total. The largest absolute Gasteiger partial charge is 0.327 e. The Morgan fingerprint density at radius 3 is 2.31 bits per heavy atom. The standard InChI is InChI=1S/C14H20BrN/c1-4-13(14(16)9-10(2)3)11-5-7-12(15)8-6-11/h4-8,10,13-14H,1,9,16H2,2-3H3/t13-,14+/m1/s1. The lowest BCUT2D eigenvalue weighted by molar-refractivity contribution is 0.468. The molecule has 0 heterocycles. The Kier molecular flexibility index (Phi) is 5.23. The molecular weight excluding hydrogens is 262 g/mol. The summed E-state index contributed by atoms with van der Waals surface area (Å²) in [5.74, 6) is 0.864. The first kappa shape index (κ1) is 13.5. The van der Waals surface area contributed by atoms with E-state index >= 15 is 0 Å². The maximum absolute atomic E-state index is 6.22. The quantitative estimate of drug-likeness (QED) is 0.809. The van der Waals surface area contributed by atoms with Gasteiger partial charge in [-0.05, 0) is 30.0 Å². The molecule has 0 bridgehead atoms. The van der Waals surface area contributed by atoms with Crippen molar-refractivity contribution >= 4 is 15.9 Å². The van der Waals surface area contributed by atoms with Crippen LogP contribution in [0.2, 0.25) is 0 Å². The van der Waals surface area contributed by atoms with Crippen LogP contribution in [0.3, 0.4) is 0 Å². The minimum absolute atomic E-state index is 0.152. The van der Waals surface area contributed by atoms with Crippen LogP contribution in [0.4, 0.5) is 0 Å². The highest BCUT2D eigenvalue weighted by molar-refractivity contribution is 9.10. The summed E-state index contributed by atoms with van der Waals surface area (Å²) in [4.78, 5) is 0. The molecule has 0 aliphatic heterocycles. The lowest BCUT2D eigenvalue weighted by Gasteiger charge is -2.22. The van der Waals surface area contributed by atoms with Gasteiger partial charge in [-0.15, -0.1) is 6.58 Å². The summed E-state index contributed by atoms with van der Waals surface area (Å²) in [6, 6.07) is 8.47. The van der Waals surface area contributed by atoms with Crippen LogP contribution in [-0.4, -0.2) is 6.04 Å². The van der Waals surface area contributed by atoms with Crippen molar-refractivity contribution in [2.75, 3.05) is 0 Å². The molecule has 88 valence electrons. The van der Waals surface area contributed by atoms with Crippen LogP contribution in [-0.2, 0) is 0 Å². The Morgan fingerprint density at radius 2 is 1.88 bits per heavy atom. The van der Waals surface area contributed by atoms with Crippen LogP contribution in [0, 0.1) is 5.92 Å². The Labute approximate surface area is 107 Å². The summed E-state index contributed by atoms with van der Waals surface area (Å²) in [6.07, 6.45) is 2.98. The molecule has 2 atom stereocenters. The molecule has 0 fully saturated rings. The molecule has 1 aromatic carbocycles. The van der Waals surface area contributed by atoms with Gasteiger partial charge in [-0.1, -0.05) is 48.0 Å². The highest BCUT2D eigenvalue weighted by atomic mass is 79.9. The van der Waals surface area contributed by atoms with E-state index in [1.54, 1.807) is 0 Å². The van der Waals surface area contributed by atoms with Crippen LogP contribution < -0.4 is 5.73 Å². The van der Waals surface area contributed by atoms with Crippen LogP contribution in [0.1, 0.15) is 31.7 Å². The first-order valence-electron chi connectivity index (χ1n) is 5.68. The van der Waals surface area contributed by atoms with Crippen molar-refractivity contribution in [2.24, 2.45) is 11.7 Å². The van der Waals surface area contributed by atoms with E-state index in [0.717, 1.165) is 10.9 Å². The second-order valence-corrected chi connectivity index (χ2v) is 5.52. The second kappa shape index (κ2) is 6.21. The predicted octanol–water partition coefficient (Wildman–Crippen LogP) is 4.09. The van der Waals surface area contributed by atoms with Gasteiger partial charge in [0.1, 0.15) is 0 Å². The van der Waals surface area contributed by atoms with Crippen LogP contribution in [0.5, 0.6) is 0 Å². The molecule has 0 saturated carbocycles. The third kappa shape index (κ3) is 3.76. The van der Waals surface area contributed by atoms with Crippen LogP contribution >= 0.6 is 15.9 Å². The number of hydrogen-bond donors (Lipinski definition) is 1. The average molecular weight is 282 g/mol. The van der Waals surface area contributed by atoms with Crippen molar-refractivity contribution in [3.63, 3.8) is 0 Å². The van der Waals surface area contributed by atoms with Gasteiger partial charge in [0.05, 0.1) is 0 Å². The maximum Gasteiger partial charge on any atom is 0.0175 e. The van der Waals surface area contributed by atoms with Crippen molar-refractivity contribution in [3.05, 3.63) is 47.0 Å². The van der Waals surface area contributed by atoms with Gasteiger partial charge in [-0.2, -0.15) is 0 Å². The van der Waals surface area contributed by atoms with Gasteiger partial charge in [0.15, 0.2) is 0 Å². The highest BCUT2D eigenvalue weighted by Crippen LogP contribution is 2.25. The minimum Gasteiger partial charge on any atom is -0.327 e. The molecule has 1 aromatic rings. The van der Waals surface area contributed by atoms with E-state index in [4.69, 9.17) is 5.73 Å². The summed E-state index contributed by atoms with van der Waals surface area (Å²) in [5, 5.41) is 0. The van der Waals surface area contributed by atoms with Gasteiger partial charge < -0.3 is 5.73 Å². The van der Waals surface area contributed by atoms with Gasteiger partial charge in [-0.25, -0.2) is 0 Å². The van der Waals surface area contributed by atoms with Crippen LogP contribution in [0.15, 0.2) is 41.4 Å². The Hall–Kier alpha value is -0.600. The third-order valence-electron chi connectivity index (χ3n) is 2.71. The zero-order chi connectivity index (χ0) is 12.1. The Balaban J connectivity index is 2.81. The number of halogens is 1. The molecule has 0 aliphatic rings. The van der Waals surface area contributed by atoms with Gasteiger partial charge in [0.25, 0.3) is 0 Å². The molecule has 0 saturated heterocycles. The van der Waals surface area contributed by atoms with Crippen molar-refractivity contribution < 1.29 is 0 Å². The first-order valence-corrected chi connectivity index (χ1v) is 6.47. The Morgan fingerprint density at radius 1 is 1.31 bits per heavy atom. The molecule has 1 rings (SSSR count). The molecule has 16 heavy (non-hydrogen) atoms. The highest BCUT2D eigenvalue weighted by Gasteiger charge is 2.17. The third-order valence-corrected chi connectivity index (χ3v) is 3.24. The van der Waals surface area contributed by atoms with Crippen molar-refractivity contribution in [1.82, 2.24) is 0 Å². The SMILES string of the molecule is C=C[C@H](c1ccc(Br)cc1)[C@@H](N)CC(C)C. The zero-order valence-electron chi connectivity index (χ0n) is 9.99. The normalized spacial score (nSPS) is 14.8. The minimum atomic E-state index is 0.152. The molecule has 2 heteroatoms. The van der Waals surface area contributed by atoms with Gasteiger partial charge >= 0.3 is 0 Å². The maximum atomic E-state index is 6.22. The zero-order valence-corrected chi connectivity index (χ0v) is 11.6. The summed E-state index contributed by atoms with van der Waals surface area (Å²) < 4.78 is 1.09.